The third-order valence-corrected chi connectivity index (χ3v) is 9.01. The number of carbonyl (C=O) groups is 5. The van der Waals surface area contributed by atoms with Gasteiger partial charge in [-0.05, 0) is 76.3 Å². The van der Waals surface area contributed by atoms with Crippen LogP contribution in [0.3, 0.4) is 0 Å². The first-order valence-corrected chi connectivity index (χ1v) is 19.2. The number of imidazole rings is 1. The number of aromatic nitrogens is 3. The number of rotatable bonds is 18. The fourth-order valence-electron chi connectivity index (χ4n) is 5.90. The van der Waals surface area contributed by atoms with Gasteiger partial charge in [0, 0.05) is 43.9 Å². The number of hydrogen-bond acceptors (Lipinski definition) is 11. The summed E-state index contributed by atoms with van der Waals surface area (Å²) in [6, 6.07) is 25.0. The standard InChI is InChI=1S/C35H45N5O3.2C4H4O4/c1-4-42-34(41)35(2,3)30-26-40-32(37-30)19-18-31(38-40)36-22-12-7-13-23-39-24-20-29(21-25-39)43-33(27-14-8-5-9-15-27)28-16-10-6-11-17-28;2*5-3(6)1-2-4(7)8/h5-6,8-11,14-19,26,29,33H,4,7,12-13,20-25H2,1-3H3,(H,36,38);2*1-2H,(H,5,6)(H,7,8). The van der Waals surface area contributed by atoms with E-state index in [-0.39, 0.29) is 18.2 Å². The van der Waals surface area contributed by atoms with Gasteiger partial charge in [-0.1, -0.05) is 67.1 Å². The number of nitrogens with one attached hydrogen (secondary N) is 1. The van der Waals surface area contributed by atoms with Gasteiger partial charge in [-0.15, -0.1) is 5.10 Å². The lowest BCUT2D eigenvalue weighted by Crippen LogP contribution is -2.38. The lowest BCUT2D eigenvalue weighted by atomic mass is 9.90. The van der Waals surface area contributed by atoms with Crippen molar-refractivity contribution < 1.29 is 53.9 Å². The number of piperidine rings is 1. The van der Waals surface area contributed by atoms with Crippen LogP contribution < -0.4 is 5.32 Å². The van der Waals surface area contributed by atoms with Crippen molar-refractivity contribution in [3.05, 3.63) is 120 Å². The van der Waals surface area contributed by atoms with Crippen LogP contribution in [-0.4, -0.2) is 109 Å². The van der Waals surface area contributed by atoms with Crippen LogP contribution in [0.25, 0.3) is 5.65 Å². The lowest BCUT2D eigenvalue weighted by Gasteiger charge is -2.34. The Labute approximate surface area is 342 Å². The Morgan fingerprint density at radius 2 is 1.31 bits per heavy atom. The molecule has 0 radical (unpaired) electrons. The topological polar surface area (TPSA) is 230 Å². The SMILES string of the molecule is CCOC(=O)C(C)(C)c1cn2nc(NCCCCCN3CCC(OC(c4ccccc4)c4ccccc4)CC3)ccc2n1.O=C(O)C=CC(=O)O.O=C(O)C=CC(=O)O. The van der Waals surface area contributed by atoms with Gasteiger partial charge in [0.25, 0.3) is 0 Å². The number of carboxylic acids is 4. The molecule has 1 aliphatic rings. The summed E-state index contributed by atoms with van der Waals surface area (Å²) in [5.74, 6) is -4.51. The highest BCUT2D eigenvalue weighted by molar-refractivity contribution is 5.90. The molecule has 16 heteroatoms. The van der Waals surface area contributed by atoms with Crippen LogP contribution in [0.5, 0.6) is 0 Å². The van der Waals surface area contributed by atoms with Gasteiger partial charge in [-0.25, -0.2) is 28.7 Å². The average molecular weight is 816 g/mol. The van der Waals surface area contributed by atoms with Crippen LogP contribution in [0.2, 0.25) is 0 Å². The molecule has 5 rings (SSSR count). The van der Waals surface area contributed by atoms with Gasteiger partial charge in [0.1, 0.15) is 17.3 Å². The highest BCUT2D eigenvalue weighted by Gasteiger charge is 2.34. The Morgan fingerprint density at radius 3 is 1.80 bits per heavy atom. The zero-order valence-corrected chi connectivity index (χ0v) is 33.5. The molecule has 316 valence electrons. The molecule has 1 saturated heterocycles. The van der Waals surface area contributed by atoms with Crippen molar-refractivity contribution in [3.8, 4) is 0 Å². The van der Waals surface area contributed by atoms with Gasteiger partial charge in [-0.2, -0.15) is 0 Å². The largest absolute Gasteiger partial charge is 0.478 e. The van der Waals surface area contributed by atoms with Crippen LogP contribution in [0, 0.1) is 0 Å². The summed E-state index contributed by atoms with van der Waals surface area (Å²) in [6.45, 7) is 9.98. The number of likely N-dealkylation sites (tertiary alicyclic amines) is 1. The number of benzene rings is 2. The molecule has 16 nitrogen and oxygen atoms in total. The first-order valence-electron chi connectivity index (χ1n) is 19.2. The van der Waals surface area contributed by atoms with Crippen LogP contribution in [0.15, 0.2) is 103 Å². The fraction of sp³-hybridized carbons (Fsp3) is 0.372. The number of esters is 1. The minimum atomic E-state index is -1.26. The molecule has 5 N–H and O–H groups in total. The quantitative estimate of drug-likeness (QED) is 0.0451. The van der Waals surface area contributed by atoms with Gasteiger partial charge >= 0.3 is 29.8 Å². The van der Waals surface area contributed by atoms with Gasteiger partial charge in [0.05, 0.1) is 24.6 Å². The summed E-state index contributed by atoms with van der Waals surface area (Å²) in [5.41, 5.74) is 2.97. The Bertz CT molecular complexity index is 1900. The van der Waals surface area contributed by atoms with Crippen molar-refractivity contribution in [1.82, 2.24) is 19.5 Å². The van der Waals surface area contributed by atoms with Gasteiger partial charge in [0.2, 0.25) is 0 Å². The predicted octanol–water partition coefficient (Wildman–Crippen LogP) is 5.85. The lowest BCUT2D eigenvalue weighted by molar-refractivity contribution is -0.149. The second-order valence-electron chi connectivity index (χ2n) is 13.9. The molecule has 59 heavy (non-hydrogen) atoms. The molecule has 1 aliphatic heterocycles. The Kier molecular flexibility index (Phi) is 19.4. The van der Waals surface area contributed by atoms with Crippen LogP contribution >= 0.6 is 0 Å². The molecule has 0 aliphatic carbocycles. The Morgan fingerprint density at radius 1 is 0.780 bits per heavy atom. The minimum Gasteiger partial charge on any atom is -0.478 e. The van der Waals surface area contributed by atoms with Crippen molar-refractivity contribution in [2.75, 3.05) is 38.1 Å². The van der Waals surface area contributed by atoms with Crippen molar-refractivity contribution in [2.45, 2.75) is 70.5 Å². The first kappa shape index (κ1) is 47.0. The highest BCUT2D eigenvalue weighted by atomic mass is 16.5. The number of aliphatic carboxylic acids is 4. The number of ether oxygens (including phenoxy) is 2. The summed E-state index contributed by atoms with van der Waals surface area (Å²) in [6.07, 6.45) is 9.87. The smallest absolute Gasteiger partial charge is 0.328 e. The molecular weight excluding hydrogens is 762 g/mol. The van der Waals surface area contributed by atoms with Gasteiger partial charge in [0.15, 0.2) is 5.65 Å². The van der Waals surface area contributed by atoms with E-state index in [9.17, 15) is 24.0 Å². The summed E-state index contributed by atoms with van der Waals surface area (Å²) >= 11 is 0. The van der Waals surface area contributed by atoms with E-state index in [1.54, 1.807) is 4.52 Å². The molecule has 1 fully saturated rings. The third kappa shape index (κ3) is 16.9. The fourth-order valence-corrected chi connectivity index (χ4v) is 5.90. The normalized spacial score (nSPS) is 13.4. The van der Waals surface area contributed by atoms with E-state index in [1.807, 2.05) is 39.1 Å². The van der Waals surface area contributed by atoms with Crippen molar-refractivity contribution in [1.29, 1.82) is 0 Å². The maximum Gasteiger partial charge on any atom is 0.328 e. The second kappa shape index (κ2) is 24.4. The molecule has 4 aromatic rings. The summed E-state index contributed by atoms with van der Waals surface area (Å²) in [7, 11) is 0. The van der Waals surface area contributed by atoms with Crippen LogP contribution in [0.1, 0.15) is 75.8 Å². The molecule has 0 spiro atoms. The maximum absolute atomic E-state index is 12.4. The number of nitrogens with zero attached hydrogens (tertiary/aromatic N) is 4. The number of unbranched alkanes of at least 4 members (excludes halogenated alkanes) is 2. The number of carbonyl (C=O) groups excluding carboxylic acids is 1. The molecule has 2 aromatic carbocycles. The number of hydrogen-bond donors (Lipinski definition) is 5. The third-order valence-electron chi connectivity index (χ3n) is 9.01. The van der Waals surface area contributed by atoms with E-state index < -0.39 is 29.3 Å². The maximum atomic E-state index is 12.4. The van der Waals surface area contributed by atoms with E-state index in [1.165, 1.54) is 24.0 Å². The van der Waals surface area contributed by atoms with E-state index in [0.29, 0.717) is 42.3 Å². The number of fused-ring (bicyclic) bond motifs is 1. The summed E-state index contributed by atoms with van der Waals surface area (Å²) < 4.78 is 13.7. The van der Waals surface area contributed by atoms with Crippen molar-refractivity contribution >= 4 is 41.3 Å². The van der Waals surface area contributed by atoms with Crippen LogP contribution in [0.4, 0.5) is 5.82 Å². The molecule has 0 atom stereocenters. The molecule has 0 bridgehead atoms. The highest BCUT2D eigenvalue weighted by Crippen LogP contribution is 2.30. The molecular formula is C43H53N5O11. The molecule has 0 saturated carbocycles. The van der Waals surface area contributed by atoms with E-state index >= 15 is 0 Å². The Hall–Kier alpha value is -6.39. The minimum absolute atomic E-state index is 0.0195. The van der Waals surface area contributed by atoms with E-state index in [4.69, 9.17) is 29.9 Å². The Balaban J connectivity index is 0.000000490. The predicted molar refractivity (Wildman–Crippen MR) is 219 cm³/mol. The zero-order valence-electron chi connectivity index (χ0n) is 33.5. The number of anilines is 1. The van der Waals surface area contributed by atoms with Gasteiger partial charge in [-0.3, -0.25) is 4.79 Å². The van der Waals surface area contributed by atoms with Crippen molar-refractivity contribution in [3.63, 3.8) is 0 Å². The van der Waals surface area contributed by atoms with E-state index in [0.717, 1.165) is 51.3 Å². The van der Waals surface area contributed by atoms with E-state index in [2.05, 4.69) is 81.0 Å². The summed E-state index contributed by atoms with van der Waals surface area (Å²) in [5, 5.41) is 39.3. The average Bonchev–Trinajstić information content (AvgIpc) is 3.66. The molecule has 2 aromatic heterocycles. The zero-order chi connectivity index (χ0) is 43.2. The summed E-state index contributed by atoms with van der Waals surface area (Å²) in [4.78, 5) is 57.8. The van der Waals surface area contributed by atoms with Gasteiger partial charge < -0.3 is 40.1 Å². The molecule has 3 heterocycles. The monoisotopic (exact) mass is 815 g/mol. The second-order valence-corrected chi connectivity index (χ2v) is 13.9. The number of carboxylic acid groups (broad SMARTS) is 4. The van der Waals surface area contributed by atoms with Crippen molar-refractivity contribution in [2.24, 2.45) is 0 Å². The first-order chi connectivity index (χ1) is 28.2. The molecule has 0 unspecified atom stereocenters. The molecule has 0 amide bonds. The van der Waals surface area contributed by atoms with Crippen LogP contribution in [-0.2, 0) is 38.9 Å².